The lowest BCUT2D eigenvalue weighted by Gasteiger charge is -2.21. The van der Waals surface area contributed by atoms with E-state index >= 15 is 0 Å². The van der Waals surface area contributed by atoms with E-state index in [1.165, 1.54) is 0 Å². The van der Waals surface area contributed by atoms with E-state index in [2.05, 4.69) is 10.6 Å². The minimum Gasteiger partial charge on any atom is -0.374 e. The van der Waals surface area contributed by atoms with Crippen LogP contribution in [-0.2, 0) is 22.3 Å². The van der Waals surface area contributed by atoms with Gasteiger partial charge in [-0.3, -0.25) is 0 Å². The third-order valence-electron chi connectivity index (χ3n) is 2.40. The van der Waals surface area contributed by atoms with Gasteiger partial charge >= 0.3 is 0 Å². The molecule has 0 unspecified atom stereocenters. The topological polar surface area (TPSA) is 38.3 Å². The summed E-state index contributed by atoms with van der Waals surface area (Å²) in [5.41, 5.74) is 1.09. The Morgan fingerprint density at radius 2 is 2.00 bits per heavy atom. The Bertz CT molecular complexity index is 445. The maximum Gasteiger partial charge on any atom is 0.103 e. The Balaban J connectivity index is 2.38. The monoisotopic (exact) mass is 279 g/mol. The number of hydrogen-bond acceptors (Lipinski definition) is 2. The third kappa shape index (κ3) is 6.02. The number of terminal acetylenes is 1. The molecule has 0 spiro atoms. The molecule has 0 radical (unpaired) electrons. The van der Waals surface area contributed by atoms with Crippen LogP contribution in [0.15, 0.2) is 30.3 Å². The lowest BCUT2D eigenvalue weighted by Crippen LogP contribution is -2.41. The summed E-state index contributed by atoms with van der Waals surface area (Å²) in [7, 11) is -1.19. The molecule has 0 aliphatic rings. The molecule has 0 bridgehead atoms. The number of nitrogens with one attached hydrogen (secondary N) is 1. The molecular weight excluding hydrogens is 258 g/mol. The van der Waals surface area contributed by atoms with Crippen LogP contribution in [-0.4, -0.2) is 21.6 Å². The normalized spacial score (nSPS) is 14.6. The van der Waals surface area contributed by atoms with E-state index in [-0.39, 0.29) is 10.8 Å². The van der Waals surface area contributed by atoms with Gasteiger partial charge < -0.3 is 4.74 Å². The highest BCUT2D eigenvalue weighted by molar-refractivity contribution is 7.84. The van der Waals surface area contributed by atoms with Gasteiger partial charge in [-0.15, -0.1) is 6.42 Å². The van der Waals surface area contributed by atoms with Crippen LogP contribution < -0.4 is 4.72 Å². The second-order valence-corrected chi connectivity index (χ2v) is 7.22. The van der Waals surface area contributed by atoms with Gasteiger partial charge in [-0.25, -0.2) is 8.93 Å². The van der Waals surface area contributed by atoms with Crippen molar-refractivity contribution in [1.82, 2.24) is 4.72 Å². The molecule has 1 aromatic rings. The van der Waals surface area contributed by atoms with Crippen molar-refractivity contribution in [2.24, 2.45) is 0 Å². The Kier molecular flexibility index (Phi) is 6.23. The van der Waals surface area contributed by atoms with Crippen LogP contribution >= 0.6 is 0 Å². The van der Waals surface area contributed by atoms with Crippen molar-refractivity contribution in [3.63, 3.8) is 0 Å². The molecule has 0 saturated heterocycles. The van der Waals surface area contributed by atoms with E-state index < -0.39 is 11.0 Å². The molecule has 1 rings (SSSR count). The van der Waals surface area contributed by atoms with Gasteiger partial charge in [0.15, 0.2) is 0 Å². The molecule has 0 aromatic heterocycles. The second kappa shape index (κ2) is 7.44. The molecule has 3 nitrogen and oxygen atoms in total. The quantitative estimate of drug-likeness (QED) is 0.811. The van der Waals surface area contributed by atoms with Crippen molar-refractivity contribution in [3.8, 4) is 12.3 Å². The molecule has 0 heterocycles. The predicted molar refractivity (Wildman–Crippen MR) is 79.8 cm³/mol. The van der Waals surface area contributed by atoms with Crippen molar-refractivity contribution >= 4 is 11.0 Å². The average molecular weight is 279 g/mol. The van der Waals surface area contributed by atoms with Crippen molar-refractivity contribution in [2.75, 3.05) is 6.61 Å². The summed E-state index contributed by atoms with van der Waals surface area (Å²) in [6.07, 6.45) is 5.42. The van der Waals surface area contributed by atoms with Crippen LogP contribution in [0.5, 0.6) is 0 Å². The van der Waals surface area contributed by atoms with E-state index in [1.54, 1.807) is 0 Å². The van der Waals surface area contributed by atoms with E-state index in [1.807, 2.05) is 51.1 Å². The molecule has 0 aliphatic heterocycles. The first-order valence-electron chi connectivity index (χ1n) is 6.19. The van der Waals surface area contributed by atoms with Gasteiger partial charge in [-0.05, 0) is 26.3 Å². The van der Waals surface area contributed by atoms with Crippen LogP contribution in [0.3, 0.4) is 0 Å². The van der Waals surface area contributed by atoms with Crippen LogP contribution in [0.1, 0.15) is 26.3 Å². The van der Waals surface area contributed by atoms with Crippen molar-refractivity contribution in [2.45, 2.75) is 38.2 Å². The second-order valence-electron chi connectivity index (χ2n) is 5.22. The summed E-state index contributed by atoms with van der Waals surface area (Å²) in [4.78, 5) is 0. The lowest BCUT2D eigenvalue weighted by atomic mass is 10.2. The Labute approximate surface area is 118 Å². The Morgan fingerprint density at radius 3 is 2.53 bits per heavy atom. The molecule has 4 heteroatoms. The highest BCUT2D eigenvalue weighted by atomic mass is 32.2. The first kappa shape index (κ1) is 15.9. The molecule has 0 aliphatic carbocycles. The first-order valence-corrected chi connectivity index (χ1v) is 7.34. The summed E-state index contributed by atoms with van der Waals surface area (Å²) in [6.45, 7) is 6.54. The fourth-order valence-corrected chi connectivity index (χ4v) is 2.04. The SMILES string of the molecule is C#C[C@H](COCc1ccccc1)N[S@](=O)C(C)(C)C. The van der Waals surface area contributed by atoms with Crippen molar-refractivity contribution in [1.29, 1.82) is 0 Å². The van der Waals surface area contributed by atoms with E-state index in [9.17, 15) is 4.21 Å². The molecule has 0 amide bonds. The maximum atomic E-state index is 11.9. The highest BCUT2D eigenvalue weighted by Gasteiger charge is 2.21. The van der Waals surface area contributed by atoms with Gasteiger partial charge in [-0.2, -0.15) is 0 Å². The molecule has 104 valence electrons. The summed E-state index contributed by atoms with van der Waals surface area (Å²) in [6, 6.07) is 9.52. The molecule has 0 saturated carbocycles. The van der Waals surface area contributed by atoms with Crippen molar-refractivity contribution < 1.29 is 8.95 Å². The molecule has 19 heavy (non-hydrogen) atoms. The molecule has 0 fully saturated rings. The van der Waals surface area contributed by atoms with Crippen LogP contribution in [0.4, 0.5) is 0 Å². The molecular formula is C15H21NO2S. The van der Waals surface area contributed by atoms with Gasteiger partial charge in [0.1, 0.15) is 6.04 Å². The number of rotatable bonds is 6. The van der Waals surface area contributed by atoms with Crippen LogP contribution in [0.25, 0.3) is 0 Å². The average Bonchev–Trinajstić information content (AvgIpc) is 2.37. The zero-order valence-corrected chi connectivity index (χ0v) is 12.5. The van der Waals surface area contributed by atoms with Crippen molar-refractivity contribution in [3.05, 3.63) is 35.9 Å². The molecule has 1 aromatic carbocycles. The van der Waals surface area contributed by atoms with Gasteiger partial charge in [-0.1, -0.05) is 36.3 Å². The highest BCUT2D eigenvalue weighted by Crippen LogP contribution is 2.09. The predicted octanol–water partition coefficient (Wildman–Crippen LogP) is 2.26. The summed E-state index contributed by atoms with van der Waals surface area (Å²) in [5.74, 6) is 2.56. The fourth-order valence-electron chi connectivity index (χ4n) is 1.29. The molecule has 1 N–H and O–H groups in total. The Morgan fingerprint density at radius 1 is 1.37 bits per heavy atom. The van der Waals surface area contributed by atoms with Crippen LogP contribution in [0.2, 0.25) is 0 Å². The Hall–Kier alpha value is -1.15. The van der Waals surface area contributed by atoms with E-state index in [0.29, 0.717) is 13.2 Å². The lowest BCUT2D eigenvalue weighted by molar-refractivity contribution is 0.115. The zero-order chi connectivity index (χ0) is 14.3. The van der Waals surface area contributed by atoms with Gasteiger partial charge in [0, 0.05) is 0 Å². The van der Waals surface area contributed by atoms with Gasteiger partial charge in [0.05, 0.1) is 28.9 Å². The summed E-state index contributed by atoms with van der Waals surface area (Å²) in [5, 5.41) is 0. The minimum absolute atomic E-state index is 0.339. The zero-order valence-electron chi connectivity index (χ0n) is 11.7. The van der Waals surface area contributed by atoms with E-state index in [4.69, 9.17) is 11.2 Å². The number of benzene rings is 1. The molecule has 2 atom stereocenters. The minimum atomic E-state index is -1.19. The van der Waals surface area contributed by atoms with Gasteiger partial charge in [0.25, 0.3) is 0 Å². The maximum absolute atomic E-state index is 11.9. The smallest absolute Gasteiger partial charge is 0.103 e. The largest absolute Gasteiger partial charge is 0.374 e. The van der Waals surface area contributed by atoms with E-state index in [0.717, 1.165) is 5.56 Å². The third-order valence-corrected chi connectivity index (χ3v) is 4.01. The number of ether oxygens (including phenoxy) is 1. The summed E-state index contributed by atoms with van der Waals surface area (Å²) < 4.78 is 20.0. The standard InChI is InChI=1S/C15H21NO2S/c1-5-14(16-19(17)15(2,3)4)12-18-11-13-9-7-6-8-10-13/h1,6-10,14,16H,11-12H2,2-4H3/t14-,19-/m1/s1. The van der Waals surface area contributed by atoms with Crippen LogP contribution in [0, 0.1) is 12.3 Å². The number of hydrogen-bond donors (Lipinski definition) is 1. The fraction of sp³-hybridized carbons (Fsp3) is 0.467. The first-order chi connectivity index (χ1) is 8.93. The summed E-state index contributed by atoms with van der Waals surface area (Å²) >= 11 is 0. The van der Waals surface area contributed by atoms with Gasteiger partial charge in [0.2, 0.25) is 0 Å².